The first-order valence-electron chi connectivity index (χ1n) is 15.9. The minimum absolute atomic E-state index is 0.000568. The molecule has 7 nitrogen and oxygen atoms in total. The van der Waals surface area contributed by atoms with Gasteiger partial charge in [-0.3, -0.25) is 14.4 Å². The third kappa shape index (κ3) is 5.23. The van der Waals surface area contributed by atoms with E-state index in [-0.39, 0.29) is 22.7 Å². The highest BCUT2D eigenvalue weighted by Crippen LogP contribution is 2.44. The number of fused-ring (bicyclic) bond motifs is 1. The summed E-state index contributed by atoms with van der Waals surface area (Å²) in [4.78, 5) is 39.8. The molecule has 1 aliphatic heterocycles. The van der Waals surface area contributed by atoms with Gasteiger partial charge in [-0.2, -0.15) is 4.58 Å². The van der Waals surface area contributed by atoms with Gasteiger partial charge in [0.05, 0.1) is 22.1 Å². The summed E-state index contributed by atoms with van der Waals surface area (Å²) in [6.45, 7) is 13.3. The van der Waals surface area contributed by atoms with Gasteiger partial charge in [0.25, 0.3) is 5.43 Å². The highest BCUT2D eigenvalue weighted by molar-refractivity contribution is 6.40. The second-order valence-electron chi connectivity index (χ2n) is 12.5. The molecule has 2 N–H and O–H groups in total. The van der Waals surface area contributed by atoms with Crippen molar-refractivity contribution in [1.82, 2.24) is 0 Å². The predicted octanol–water partition coefficient (Wildman–Crippen LogP) is 6.72. The molecule has 0 saturated carbocycles. The van der Waals surface area contributed by atoms with Gasteiger partial charge in [-0.25, -0.2) is 0 Å². The summed E-state index contributed by atoms with van der Waals surface area (Å²) in [5.74, 6) is -0.682. The van der Waals surface area contributed by atoms with Crippen molar-refractivity contribution in [1.29, 1.82) is 0 Å². The van der Waals surface area contributed by atoms with Crippen LogP contribution in [-0.2, 0) is 10.2 Å². The number of ketones is 1. The van der Waals surface area contributed by atoms with Crippen molar-refractivity contribution >= 4 is 28.4 Å². The van der Waals surface area contributed by atoms with Crippen molar-refractivity contribution in [3.05, 3.63) is 91.4 Å². The van der Waals surface area contributed by atoms with E-state index in [0.29, 0.717) is 16.7 Å². The number of nitrogens with zero attached hydrogens (tertiary/aromatic N) is 2. The number of Topliss-reactive ketones (excluding diaryl/α,β-unsaturated/α-hetero) is 1. The van der Waals surface area contributed by atoms with Gasteiger partial charge in [-0.1, -0.05) is 52.2 Å². The summed E-state index contributed by atoms with van der Waals surface area (Å²) >= 11 is 0. The number of carbonyl (C=O) groups is 1. The Hall–Kier alpha value is -4.26. The van der Waals surface area contributed by atoms with Crippen LogP contribution < -0.4 is 15.8 Å². The number of anilines is 1. The first-order valence-corrected chi connectivity index (χ1v) is 15.9. The molecular formula is C37H43N2O5+. The molecule has 0 atom stereocenters. The van der Waals surface area contributed by atoms with Crippen LogP contribution in [0.25, 0.3) is 16.7 Å². The molecule has 1 heterocycles. The van der Waals surface area contributed by atoms with E-state index in [9.17, 15) is 24.6 Å². The molecule has 0 saturated heterocycles. The summed E-state index contributed by atoms with van der Waals surface area (Å²) in [6, 6.07) is 13.4. The maximum absolute atomic E-state index is 13.5. The lowest BCUT2D eigenvalue weighted by Crippen LogP contribution is -2.32. The van der Waals surface area contributed by atoms with E-state index in [1.54, 1.807) is 12.1 Å². The number of unbranched alkanes of at least 4 members (excludes halogenated alkanes) is 3. The molecule has 3 aromatic rings. The van der Waals surface area contributed by atoms with Gasteiger partial charge in [-0.05, 0) is 62.1 Å². The Bertz CT molecular complexity index is 1760. The molecular weight excluding hydrogens is 552 g/mol. The fourth-order valence-electron chi connectivity index (χ4n) is 6.36. The van der Waals surface area contributed by atoms with Gasteiger partial charge in [0.1, 0.15) is 12.3 Å². The summed E-state index contributed by atoms with van der Waals surface area (Å²) in [6.07, 6.45) is 8.21. The number of carbonyl (C=O) groups excluding carboxylic acids is 1. The van der Waals surface area contributed by atoms with E-state index in [2.05, 4.69) is 30.2 Å². The summed E-state index contributed by atoms with van der Waals surface area (Å²) in [5.41, 5.74) is 3.63. The highest BCUT2D eigenvalue weighted by atomic mass is 16.3. The third-order valence-electron chi connectivity index (χ3n) is 9.13. The van der Waals surface area contributed by atoms with Gasteiger partial charge in [-0.15, -0.1) is 0 Å². The standard InChI is InChI=1S/C37H42N2O5/c1-6-9-18-38(19-10-7-2)25-15-12-23(13-16-25)30-32(40)26(33(30)41)22-29-37(4,5)27-21-24(31-34(42)36(44)35(31)43)14-17-28(27)39(29)20-11-8-3/h12-17,21-22H,6-11,18-20H2,1-5H3,(H-,40,41,42,43)/p+1. The normalized spacial score (nSPS) is 16.7. The Morgan fingerprint density at radius 2 is 1.43 bits per heavy atom. The smallest absolute Gasteiger partial charge is 0.268 e. The van der Waals surface area contributed by atoms with Crippen LogP contribution >= 0.6 is 0 Å². The largest absolute Gasteiger partial charge is 0.506 e. The zero-order valence-electron chi connectivity index (χ0n) is 26.5. The third-order valence-corrected chi connectivity index (χ3v) is 9.13. The van der Waals surface area contributed by atoms with Crippen molar-refractivity contribution in [2.24, 2.45) is 0 Å². The van der Waals surface area contributed by atoms with Crippen LogP contribution in [0.15, 0.2) is 69.5 Å². The number of aromatic hydroxyl groups is 1. The predicted molar refractivity (Wildman–Crippen MR) is 177 cm³/mol. The fraction of sp³-hybridized carbons (Fsp3) is 0.405. The molecule has 5 rings (SSSR count). The van der Waals surface area contributed by atoms with Crippen LogP contribution in [0, 0.1) is 0 Å². The SMILES string of the molecule is CCCCN(CCCC)c1ccc(C2=C(O)/C(=C\C3=[N+](CCCC)c4ccc(-c5c(O)c(=O)c5=O)cc4C3(C)C)C2=O)cc1. The number of rotatable bonds is 13. The minimum atomic E-state index is -0.858. The lowest BCUT2D eigenvalue weighted by atomic mass is 9.77. The Morgan fingerprint density at radius 3 is 2.00 bits per heavy atom. The number of allylic oxidation sites excluding steroid dienone is 3. The number of hydrogen-bond acceptors (Lipinski definition) is 6. The van der Waals surface area contributed by atoms with Gasteiger partial charge in [0, 0.05) is 42.9 Å². The maximum atomic E-state index is 13.5. The fourth-order valence-corrected chi connectivity index (χ4v) is 6.36. The summed E-state index contributed by atoms with van der Waals surface area (Å²) in [7, 11) is 0. The average Bonchev–Trinajstić information content (AvgIpc) is 3.23. The monoisotopic (exact) mass is 595 g/mol. The number of aliphatic hydroxyl groups excluding tert-OH is 1. The molecule has 0 radical (unpaired) electrons. The summed E-state index contributed by atoms with van der Waals surface area (Å²) < 4.78 is 2.17. The maximum Gasteiger partial charge on any atom is 0.268 e. The van der Waals surface area contributed by atoms with Gasteiger partial charge in [0.2, 0.25) is 16.9 Å². The second kappa shape index (κ2) is 12.4. The van der Waals surface area contributed by atoms with Crippen LogP contribution in [0.1, 0.15) is 84.3 Å². The minimum Gasteiger partial charge on any atom is -0.506 e. The molecule has 1 aliphatic carbocycles. The molecule has 230 valence electrons. The van der Waals surface area contributed by atoms with Crippen molar-refractivity contribution in [3.8, 4) is 16.9 Å². The second-order valence-corrected chi connectivity index (χ2v) is 12.5. The Kier molecular flexibility index (Phi) is 8.78. The van der Waals surface area contributed by atoms with Crippen LogP contribution in [0.3, 0.4) is 0 Å². The lowest BCUT2D eigenvalue weighted by Gasteiger charge is -2.26. The molecule has 0 fully saturated rings. The Balaban J connectivity index is 1.48. The quantitative estimate of drug-likeness (QED) is 0.129. The molecule has 0 spiro atoms. The Morgan fingerprint density at radius 1 is 0.818 bits per heavy atom. The number of aliphatic hydroxyl groups is 1. The number of benzene rings is 2. The molecule has 7 heteroatoms. The van der Waals surface area contributed by atoms with Crippen LogP contribution in [0.2, 0.25) is 0 Å². The van der Waals surface area contributed by atoms with Crippen molar-refractivity contribution in [2.45, 2.75) is 78.6 Å². The molecule has 0 unspecified atom stereocenters. The van der Waals surface area contributed by atoms with Crippen molar-refractivity contribution in [3.63, 3.8) is 0 Å². The Labute approximate surface area is 259 Å². The molecule has 3 aromatic carbocycles. The van der Waals surface area contributed by atoms with Crippen molar-refractivity contribution < 1.29 is 19.6 Å². The molecule has 0 amide bonds. The highest BCUT2D eigenvalue weighted by Gasteiger charge is 2.47. The lowest BCUT2D eigenvalue weighted by molar-refractivity contribution is -0.438. The van der Waals surface area contributed by atoms with E-state index < -0.39 is 22.0 Å². The van der Waals surface area contributed by atoms with Crippen LogP contribution in [0.5, 0.6) is 5.75 Å². The van der Waals surface area contributed by atoms with Gasteiger partial charge < -0.3 is 15.1 Å². The van der Waals surface area contributed by atoms with E-state index in [4.69, 9.17) is 0 Å². The van der Waals surface area contributed by atoms with Crippen LogP contribution in [0.4, 0.5) is 11.4 Å². The number of hydrogen-bond donors (Lipinski definition) is 2. The molecule has 2 aliphatic rings. The summed E-state index contributed by atoms with van der Waals surface area (Å²) in [5, 5.41) is 21.3. The van der Waals surface area contributed by atoms with Gasteiger partial charge in [0.15, 0.2) is 11.5 Å². The average molecular weight is 596 g/mol. The van der Waals surface area contributed by atoms with E-state index >= 15 is 0 Å². The van der Waals surface area contributed by atoms with E-state index in [0.717, 1.165) is 80.8 Å². The first kappa shape index (κ1) is 31.2. The molecule has 0 bridgehead atoms. The zero-order chi connectivity index (χ0) is 31.8. The molecule has 0 aromatic heterocycles. The van der Waals surface area contributed by atoms with E-state index in [1.807, 2.05) is 50.2 Å². The topological polar surface area (TPSA) is 97.9 Å². The van der Waals surface area contributed by atoms with Gasteiger partial charge >= 0.3 is 0 Å². The molecule has 44 heavy (non-hydrogen) atoms. The van der Waals surface area contributed by atoms with Crippen molar-refractivity contribution in [2.75, 3.05) is 24.5 Å². The van der Waals surface area contributed by atoms with Crippen LogP contribution in [-0.4, -0.2) is 45.9 Å². The van der Waals surface area contributed by atoms with E-state index in [1.165, 1.54) is 0 Å². The first-order chi connectivity index (χ1) is 21.1. The zero-order valence-corrected chi connectivity index (χ0v) is 26.5.